The number of nitrogens with zero attached hydrogens (tertiary/aromatic N) is 1. The number of aromatic nitrogens is 1. The van der Waals surface area contributed by atoms with Crippen LogP contribution in [0.4, 0.5) is 5.82 Å². The second kappa shape index (κ2) is 7.11. The van der Waals surface area contributed by atoms with Gasteiger partial charge in [0.05, 0.1) is 12.2 Å². The molecule has 0 aliphatic carbocycles. The highest BCUT2D eigenvalue weighted by Crippen LogP contribution is 2.06. The lowest BCUT2D eigenvalue weighted by Gasteiger charge is -2.01. The lowest BCUT2D eigenvalue weighted by molar-refractivity contribution is 0.0526. The molecule has 0 atom stereocenters. The molecule has 4 heteroatoms. The van der Waals surface area contributed by atoms with Crippen molar-refractivity contribution in [3.63, 3.8) is 0 Å². The topological polar surface area (TPSA) is 51.2 Å². The zero-order valence-corrected chi connectivity index (χ0v) is 12.0. The second-order valence-electron chi connectivity index (χ2n) is 4.21. The van der Waals surface area contributed by atoms with E-state index in [1.165, 1.54) is 0 Å². The van der Waals surface area contributed by atoms with Crippen molar-refractivity contribution in [3.8, 4) is 11.8 Å². The molecular formula is C17H16N2O2. The summed E-state index contributed by atoms with van der Waals surface area (Å²) in [6.07, 6.45) is 0. The number of hydrogen-bond donors (Lipinski definition) is 1. The second-order valence-corrected chi connectivity index (χ2v) is 4.21. The number of ether oxygens (including phenoxy) is 1. The van der Waals surface area contributed by atoms with Crippen LogP contribution in [0.1, 0.15) is 28.5 Å². The van der Waals surface area contributed by atoms with Crippen molar-refractivity contribution in [1.82, 2.24) is 4.98 Å². The van der Waals surface area contributed by atoms with E-state index >= 15 is 0 Å². The number of esters is 1. The van der Waals surface area contributed by atoms with E-state index in [1.54, 1.807) is 31.2 Å². The minimum Gasteiger partial charge on any atom is -0.462 e. The van der Waals surface area contributed by atoms with Crippen molar-refractivity contribution in [2.75, 3.05) is 19.0 Å². The van der Waals surface area contributed by atoms with Crippen LogP contribution in [0, 0.1) is 11.8 Å². The van der Waals surface area contributed by atoms with Crippen molar-refractivity contribution >= 4 is 11.8 Å². The van der Waals surface area contributed by atoms with Crippen molar-refractivity contribution in [2.24, 2.45) is 0 Å². The van der Waals surface area contributed by atoms with Gasteiger partial charge in [0, 0.05) is 12.6 Å². The number of benzene rings is 1. The van der Waals surface area contributed by atoms with Crippen LogP contribution in [0.5, 0.6) is 0 Å². The first-order chi connectivity index (χ1) is 10.2. The Kier molecular flexibility index (Phi) is 4.94. The van der Waals surface area contributed by atoms with E-state index in [4.69, 9.17) is 4.74 Å². The highest BCUT2D eigenvalue weighted by Gasteiger charge is 2.04. The molecule has 0 amide bonds. The van der Waals surface area contributed by atoms with Gasteiger partial charge in [0.1, 0.15) is 11.5 Å². The fourth-order valence-corrected chi connectivity index (χ4v) is 1.68. The molecule has 0 saturated carbocycles. The summed E-state index contributed by atoms with van der Waals surface area (Å²) < 4.78 is 4.93. The van der Waals surface area contributed by atoms with Gasteiger partial charge in [-0.2, -0.15) is 0 Å². The van der Waals surface area contributed by atoms with E-state index in [-0.39, 0.29) is 5.97 Å². The molecule has 21 heavy (non-hydrogen) atoms. The molecule has 0 radical (unpaired) electrons. The molecule has 106 valence electrons. The van der Waals surface area contributed by atoms with Gasteiger partial charge < -0.3 is 10.1 Å². The fraction of sp³-hybridized carbons (Fsp3) is 0.176. The summed E-state index contributed by atoms with van der Waals surface area (Å²) in [7, 11) is 1.81. The van der Waals surface area contributed by atoms with Crippen LogP contribution >= 0.6 is 0 Å². The monoisotopic (exact) mass is 280 g/mol. The van der Waals surface area contributed by atoms with Gasteiger partial charge in [-0.1, -0.05) is 12.0 Å². The molecule has 0 aliphatic heterocycles. The third-order valence-electron chi connectivity index (χ3n) is 2.74. The lowest BCUT2D eigenvalue weighted by Crippen LogP contribution is -2.04. The van der Waals surface area contributed by atoms with Gasteiger partial charge in [0.2, 0.25) is 0 Å². The molecule has 2 aromatic rings. The van der Waals surface area contributed by atoms with Gasteiger partial charge in [0.25, 0.3) is 0 Å². The van der Waals surface area contributed by atoms with Crippen molar-refractivity contribution in [3.05, 3.63) is 59.3 Å². The average molecular weight is 280 g/mol. The number of carbonyl (C=O) groups is 1. The summed E-state index contributed by atoms with van der Waals surface area (Å²) in [5.74, 6) is 6.47. The normalized spacial score (nSPS) is 9.43. The maximum Gasteiger partial charge on any atom is 0.338 e. The Labute approximate surface area is 124 Å². The van der Waals surface area contributed by atoms with Crippen LogP contribution < -0.4 is 5.32 Å². The van der Waals surface area contributed by atoms with Gasteiger partial charge in [-0.3, -0.25) is 0 Å². The third-order valence-corrected chi connectivity index (χ3v) is 2.74. The molecule has 1 aromatic carbocycles. The van der Waals surface area contributed by atoms with Crippen LogP contribution in [0.3, 0.4) is 0 Å². The Balaban J connectivity index is 2.13. The number of carbonyl (C=O) groups excluding carboxylic acids is 1. The van der Waals surface area contributed by atoms with Crippen molar-refractivity contribution < 1.29 is 9.53 Å². The maximum absolute atomic E-state index is 11.5. The standard InChI is InChI=1S/C17H16N2O2/c1-3-21-17(20)14-10-7-13(8-11-14)9-12-15-5-4-6-16(18-2)19-15/h4-8,10-11H,3H2,1-2H3,(H,18,19). The number of nitrogens with one attached hydrogen (secondary N) is 1. The van der Waals surface area contributed by atoms with E-state index in [2.05, 4.69) is 22.1 Å². The summed E-state index contributed by atoms with van der Waals surface area (Å²) in [5, 5.41) is 2.97. The Morgan fingerprint density at radius 1 is 1.19 bits per heavy atom. The highest BCUT2D eigenvalue weighted by molar-refractivity contribution is 5.89. The molecule has 4 nitrogen and oxygen atoms in total. The first-order valence-electron chi connectivity index (χ1n) is 6.67. The smallest absolute Gasteiger partial charge is 0.338 e. The van der Waals surface area contributed by atoms with Crippen LogP contribution in [-0.2, 0) is 4.74 Å². The fourth-order valence-electron chi connectivity index (χ4n) is 1.68. The lowest BCUT2D eigenvalue weighted by atomic mass is 10.1. The van der Waals surface area contributed by atoms with E-state index in [0.29, 0.717) is 17.9 Å². The number of pyridine rings is 1. The number of anilines is 1. The first kappa shape index (κ1) is 14.6. The summed E-state index contributed by atoms with van der Waals surface area (Å²) in [6.45, 7) is 2.15. The highest BCUT2D eigenvalue weighted by atomic mass is 16.5. The molecule has 0 fully saturated rings. The van der Waals surface area contributed by atoms with Crippen LogP contribution in [-0.4, -0.2) is 24.6 Å². The Morgan fingerprint density at radius 2 is 1.95 bits per heavy atom. The largest absolute Gasteiger partial charge is 0.462 e. The molecular weight excluding hydrogens is 264 g/mol. The van der Waals surface area contributed by atoms with Crippen molar-refractivity contribution in [2.45, 2.75) is 6.92 Å². The van der Waals surface area contributed by atoms with Gasteiger partial charge in [-0.05, 0) is 49.2 Å². The van der Waals surface area contributed by atoms with Crippen molar-refractivity contribution in [1.29, 1.82) is 0 Å². The first-order valence-corrected chi connectivity index (χ1v) is 6.67. The third kappa shape index (κ3) is 4.08. The van der Waals surface area contributed by atoms with Crippen LogP contribution in [0.25, 0.3) is 0 Å². The Bertz CT molecular complexity index is 682. The minimum absolute atomic E-state index is 0.319. The quantitative estimate of drug-likeness (QED) is 0.694. The SMILES string of the molecule is CCOC(=O)c1ccc(C#Cc2cccc(NC)n2)cc1. The van der Waals surface area contributed by atoms with E-state index in [9.17, 15) is 4.79 Å². The Hall–Kier alpha value is -2.80. The molecule has 1 heterocycles. The summed E-state index contributed by atoms with van der Waals surface area (Å²) in [4.78, 5) is 15.8. The Morgan fingerprint density at radius 3 is 2.62 bits per heavy atom. The number of rotatable bonds is 3. The molecule has 2 rings (SSSR count). The van der Waals surface area contributed by atoms with Crippen LogP contribution in [0.15, 0.2) is 42.5 Å². The van der Waals surface area contributed by atoms with Crippen LogP contribution in [0.2, 0.25) is 0 Å². The van der Waals surface area contributed by atoms with Gasteiger partial charge in [-0.15, -0.1) is 0 Å². The minimum atomic E-state index is -0.319. The van der Waals surface area contributed by atoms with E-state index in [1.807, 2.05) is 25.2 Å². The molecule has 0 saturated heterocycles. The average Bonchev–Trinajstić information content (AvgIpc) is 2.54. The zero-order chi connectivity index (χ0) is 15.1. The maximum atomic E-state index is 11.5. The zero-order valence-electron chi connectivity index (χ0n) is 12.0. The molecule has 0 bridgehead atoms. The van der Waals surface area contributed by atoms with Gasteiger partial charge in [-0.25, -0.2) is 9.78 Å². The molecule has 1 N–H and O–H groups in total. The molecule has 0 unspecified atom stereocenters. The molecule has 1 aromatic heterocycles. The predicted molar refractivity (Wildman–Crippen MR) is 82.2 cm³/mol. The predicted octanol–water partition coefficient (Wildman–Crippen LogP) is 2.70. The number of hydrogen-bond acceptors (Lipinski definition) is 4. The summed E-state index contributed by atoms with van der Waals surface area (Å²) in [6, 6.07) is 12.6. The molecule has 0 aliphatic rings. The summed E-state index contributed by atoms with van der Waals surface area (Å²) >= 11 is 0. The van der Waals surface area contributed by atoms with Gasteiger partial charge >= 0.3 is 5.97 Å². The molecule has 0 spiro atoms. The summed E-state index contributed by atoms with van der Waals surface area (Å²) in [5.41, 5.74) is 2.04. The van der Waals surface area contributed by atoms with Gasteiger partial charge in [0.15, 0.2) is 0 Å². The van der Waals surface area contributed by atoms with E-state index < -0.39 is 0 Å². The van der Waals surface area contributed by atoms with E-state index in [0.717, 1.165) is 11.4 Å².